The average molecular weight is 348 g/mol. The van der Waals surface area contributed by atoms with Crippen LogP contribution in [0.5, 0.6) is 0 Å². The lowest BCUT2D eigenvalue weighted by molar-refractivity contribution is -0.0597. The van der Waals surface area contributed by atoms with Gasteiger partial charge in [0.05, 0.1) is 0 Å². The Labute approximate surface area is 156 Å². The van der Waals surface area contributed by atoms with E-state index in [1.165, 1.54) is 90.6 Å². The lowest BCUT2D eigenvalue weighted by Gasteiger charge is -2.57. The zero-order chi connectivity index (χ0) is 17.4. The van der Waals surface area contributed by atoms with Crippen LogP contribution in [0, 0.1) is 11.3 Å². The molecule has 0 bridgehead atoms. The molecular formula is C22H41N3. The summed E-state index contributed by atoms with van der Waals surface area (Å²) >= 11 is 0. The molecule has 3 nitrogen and oxygen atoms in total. The van der Waals surface area contributed by atoms with E-state index in [1.54, 1.807) is 0 Å². The van der Waals surface area contributed by atoms with Crippen molar-refractivity contribution in [1.82, 2.24) is 14.7 Å². The first-order valence-corrected chi connectivity index (χ1v) is 11.3. The molecule has 1 unspecified atom stereocenters. The highest BCUT2D eigenvalue weighted by Crippen LogP contribution is 2.51. The summed E-state index contributed by atoms with van der Waals surface area (Å²) in [7, 11) is 0. The van der Waals surface area contributed by atoms with E-state index in [9.17, 15) is 0 Å². The van der Waals surface area contributed by atoms with Gasteiger partial charge in [0.2, 0.25) is 0 Å². The van der Waals surface area contributed by atoms with Crippen molar-refractivity contribution in [1.29, 1.82) is 0 Å². The molecule has 0 aromatic carbocycles. The van der Waals surface area contributed by atoms with Gasteiger partial charge < -0.3 is 14.7 Å². The standard InChI is InChI=1S/C22H41N3/c1-18(2)23-13-8-22(9-14-23)15-21(16-22)24-11-6-20(7-12-24)25-10-4-5-19(3)17-25/h18-21H,4-17H2,1-3H3. The van der Waals surface area contributed by atoms with Gasteiger partial charge in [-0.1, -0.05) is 6.92 Å². The molecule has 0 aromatic heterocycles. The topological polar surface area (TPSA) is 9.72 Å². The average Bonchev–Trinajstić information content (AvgIpc) is 2.60. The summed E-state index contributed by atoms with van der Waals surface area (Å²) in [5.74, 6) is 0.926. The number of likely N-dealkylation sites (tertiary alicyclic amines) is 3. The van der Waals surface area contributed by atoms with E-state index in [2.05, 4.69) is 35.5 Å². The van der Waals surface area contributed by atoms with Crippen molar-refractivity contribution >= 4 is 0 Å². The van der Waals surface area contributed by atoms with Gasteiger partial charge >= 0.3 is 0 Å². The molecule has 3 aliphatic heterocycles. The van der Waals surface area contributed by atoms with E-state index >= 15 is 0 Å². The van der Waals surface area contributed by atoms with Crippen LogP contribution >= 0.6 is 0 Å². The van der Waals surface area contributed by atoms with Crippen molar-refractivity contribution in [2.24, 2.45) is 11.3 Å². The van der Waals surface area contributed by atoms with Crippen molar-refractivity contribution in [2.45, 2.75) is 90.3 Å². The van der Waals surface area contributed by atoms with E-state index in [1.807, 2.05) is 0 Å². The molecule has 4 aliphatic rings. The number of rotatable bonds is 3. The first kappa shape index (κ1) is 18.3. The Morgan fingerprint density at radius 2 is 1.48 bits per heavy atom. The highest BCUT2D eigenvalue weighted by molar-refractivity contribution is 5.02. The number of nitrogens with zero attached hydrogens (tertiary/aromatic N) is 3. The first-order chi connectivity index (χ1) is 12.0. The summed E-state index contributed by atoms with van der Waals surface area (Å²) in [6, 6.07) is 2.55. The van der Waals surface area contributed by atoms with Crippen molar-refractivity contribution in [3.8, 4) is 0 Å². The van der Waals surface area contributed by atoms with Crippen LogP contribution in [0.15, 0.2) is 0 Å². The van der Waals surface area contributed by atoms with Crippen LogP contribution in [0.1, 0.15) is 72.1 Å². The molecule has 144 valence electrons. The van der Waals surface area contributed by atoms with E-state index in [4.69, 9.17) is 0 Å². The predicted molar refractivity (Wildman–Crippen MR) is 106 cm³/mol. The Morgan fingerprint density at radius 3 is 2.08 bits per heavy atom. The second kappa shape index (κ2) is 7.48. The number of piperidine rings is 3. The highest BCUT2D eigenvalue weighted by atomic mass is 15.2. The van der Waals surface area contributed by atoms with Gasteiger partial charge in [0.25, 0.3) is 0 Å². The van der Waals surface area contributed by atoms with Gasteiger partial charge in [0.1, 0.15) is 0 Å². The smallest absolute Gasteiger partial charge is 0.0120 e. The Balaban J connectivity index is 1.20. The fraction of sp³-hybridized carbons (Fsp3) is 1.00. The van der Waals surface area contributed by atoms with Gasteiger partial charge in [0, 0.05) is 24.7 Å². The van der Waals surface area contributed by atoms with Gasteiger partial charge in [0.15, 0.2) is 0 Å². The van der Waals surface area contributed by atoms with Gasteiger partial charge in [-0.3, -0.25) is 0 Å². The molecule has 0 radical (unpaired) electrons. The summed E-state index contributed by atoms with van der Waals surface area (Å²) in [4.78, 5) is 8.38. The second-order valence-electron chi connectivity index (χ2n) is 10.2. The van der Waals surface area contributed by atoms with Crippen LogP contribution in [-0.2, 0) is 0 Å². The molecule has 3 heteroatoms. The van der Waals surface area contributed by atoms with Crippen molar-refractivity contribution < 1.29 is 0 Å². The molecule has 1 atom stereocenters. The Morgan fingerprint density at radius 1 is 0.800 bits per heavy atom. The minimum Gasteiger partial charge on any atom is -0.301 e. The van der Waals surface area contributed by atoms with Crippen LogP contribution in [0.4, 0.5) is 0 Å². The van der Waals surface area contributed by atoms with Crippen molar-refractivity contribution in [3.63, 3.8) is 0 Å². The van der Waals surface area contributed by atoms with E-state index < -0.39 is 0 Å². The Kier molecular flexibility index (Phi) is 5.46. The third-order valence-electron chi connectivity index (χ3n) is 8.15. The molecule has 3 heterocycles. The maximum atomic E-state index is 2.87. The summed E-state index contributed by atoms with van der Waals surface area (Å²) in [6.45, 7) is 15.3. The monoisotopic (exact) mass is 347 g/mol. The molecule has 0 aromatic rings. The summed E-state index contributed by atoms with van der Waals surface area (Å²) < 4.78 is 0. The molecule has 1 aliphatic carbocycles. The fourth-order valence-electron chi connectivity index (χ4n) is 6.29. The lowest BCUT2D eigenvalue weighted by atomic mass is 9.59. The van der Waals surface area contributed by atoms with Crippen LogP contribution in [-0.4, -0.2) is 72.1 Å². The quantitative estimate of drug-likeness (QED) is 0.768. The Bertz CT molecular complexity index is 425. The SMILES string of the molecule is CC1CCCN(C2CCN(C3CC4(CCN(C(C)C)CC4)C3)CC2)C1. The zero-order valence-electron chi connectivity index (χ0n) is 17.1. The van der Waals surface area contributed by atoms with Crippen LogP contribution in [0.2, 0.25) is 0 Å². The zero-order valence-corrected chi connectivity index (χ0v) is 17.1. The molecule has 4 fully saturated rings. The summed E-state index contributed by atoms with van der Waals surface area (Å²) in [5, 5.41) is 0. The minimum atomic E-state index is 0.731. The molecule has 0 N–H and O–H groups in total. The molecule has 25 heavy (non-hydrogen) atoms. The third-order valence-corrected chi connectivity index (χ3v) is 8.15. The molecule has 4 rings (SSSR count). The van der Waals surface area contributed by atoms with Gasteiger partial charge in [-0.25, -0.2) is 0 Å². The molecule has 1 spiro atoms. The molecule has 1 saturated carbocycles. The van der Waals surface area contributed by atoms with Gasteiger partial charge in [-0.05, 0) is 109 Å². The Hall–Kier alpha value is -0.120. The predicted octanol–water partition coefficient (Wildman–Crippen LogP) is 3.84. The van der Waals surface area contributed by atoms with E-state index in [-0.39, 0.29) is 0 Å². The first-order valence-electron chi connectivity index (χ1n) is 11.3. The van der Waals surface area contributed by atoms with Crippen molar-refractivity contribution in [3.05, 3.63) is 0 Å². The summed E-state index contributed by atoms with van der Waals surface area (Å²) in [6.07, 6.45) is 11.7. The lowest BCUT2D eigenvalue weighted by Crippen LogP contribution is -2.58. The van der Waals surface area contributed by atoms with Gasteiger partial charge in [-0.15, -0.1) is 0 Å². The van der Waals surface area contributed by atoms with Crippen LogP contribution in [0.3, 0.4) is 0 Å². The van der Waals surface area contributed by atoms with E-state index in [0.29, 0.717) is 0 Å². The fourth-order valence-corrected chi connectivity index (χ4v) is 6.29. The van der Waals surface area contributed by atoms with Crippen molar-refractivity contribution in [2.75, 3.05) is 39.3 Å². The normalized spacial score (nSPS) is 33.8. The molecular weight excluding hydrogens is 306 g/mol. The van der Waals surface area contributed by atoms with Gasteiger partial charge in [-0.2, -0.15) is 0 Å². The second-order valence-corrected chi connectivity index (χ2v) is 10.2. The number of hydrogen-bond donors (Lipinski definition) is 0. The maximum absolute atomic E-state index is 2.87. The maximum Gasteiger partial charge on any atom is 0.0120 e. The molecule has 0 amide bonds. The molecule has 3 saturated heterocycles. The summed E-state index contributed by atoms with van der Waals surface area (Å²) in [5.41, 5.74) is 0.731. The van der Waals surface area contributed by atoms with Crippen LogP contribution < -0.4 is 0 Å². The van der Waals surface area contributed by atoms with Crippen LogP contribution in [0.25, 0.3) is 0 Å². The van der Waals surface area contributed by atoms with E-state index in [0.717, 1.165) is 29.5 Å². The number of hydrogen-bond acceptors (Lipinski definition) is 3. The minimum absolute atomic E-state index is 0.731. The largest absolute Gasteiger partial charge is 0.301 e. The third kappa shape index (κ3) is 3.94. The highest BCUT2D eigenvalue weighted by Gasteiger charge is 2.48.